The van der Waals surface area contributed by atoms with Crippen molar-refractivity contribution in [1.82, 2.24) is 14.5 Å². The lowest BCUT2D eigenvalue weighted by Gasteiger charge is -2.31. The monoisotopic (exact) mass is 459 g/mol. The molecule has 11 heteroatoms. The van der Waals surface area contributed by atoms with Gasteiger partial charge in [-0.05, 0) is 12.0 Å². The smallest absolute Gasteiger partial charge is 0.268 e. The number of aliphatic hydroxyl groups excluding tert-OH is 2. The van der Waals surface area contributed by atoms with Gasteiger partial charge in [-0.25, -0.2) is 8.42 Å². The molecule has 1 amide bonds. The van der Waals surface area contributed by atoms with Gasteiger partial charge in [-0.2, -0.15) is 4.31 Å². The number of likely N-dealkylation sites (N-methyl/N-ethyl adjacent to an activating group) is 1. The molecule has 0 fully saturated rings. The zero-order valence-corrected chi connectivity index (χ0v) is 19.1. The largest absolute Gasteiger partial charge is 0.388 e. The number of carbonyl (C=O) groups excluding carboxylic acids is 1. The highest BCUT2D eigenvalue weighted by Gasteiger charge is 2.36. The van der Waals surface area contributed by atoms with Crippen molar-refractivity contribution in [2.24, 2.45) is 0 Å². The Kier molecular flexibility index (Phi) is 8.71. The highest BCUT2D eigenvalue weighted by molar-refractivity contribution is 8.03. The van der Waals surface area contributed by atoms with E-state index in [1.165, 1.54) is 30.2 Å². The van der Waals surface area contributed by atoms with Crippen LogP contribution in [0.15, 0.2) is 41.4 Å². The molecule has 0 radical (unpaired) electrons. The molecular formula is C19H29N3O6S2. The molecule has 9 nitrogen and oxygen atoms in total. The van der Waals surface area contributed by atoms with Crippen molar-refractivity contribution in [3.63, 3.8) is 0 Å². The van der Waals surface area contributed by atoms with E-state index in [4.69, 9.17) is 4.74 Å². The Morgan fingerprint density at radius 3 is 2.53 bits per heavy atom. The van der Waals surface area contributed by atoms with Crippen LogP contribution >= 0.6 is 11.8 Å². The normalized spacial score (nSPS) is 20.0. The summed E-state index contributed by atoms with van der Waals surface area (Å²) >= 11 is 1.19. The minimum Gasteiger partial charge on any atom is -0.388 e. The maximum absolute atomic E-state index is 12.9. The lowest BCUT2D eigenvalue weighted by Crippen LogP contribution is -2.52. The van der Waals surface area contributed by atoms with Crippen LogP contribution in [0.5, 0.6) is 0 Å². The minimum atomic E-state index is -3.44. The Morgan fingerprint density at radius 2 is 1.97 bits per heavy atom. The second-order valence-electron chi connectivity index (χ2n) is 7.14. The summed E-state index contributed by atoms with van der Waals surface area (Å²) in [7, 11) is 1.04. The topological polar surface area (TPSA) is 119 Å². The average Bonchev–Trinajstić information content (AvgIpc) is 3.07. The number of methoxy groups -OCH3 is 1. The van der Waals surface area contributed by atoms with Gasteiger partial charge in [0.25, 0.3) is 5.91 Å². The van der Waals surface area contributed by atoms with Gasteiger partial charge in [-0.3, -0.25) is 4.79 Å². The van der Waals surface area contributed by atoms with E-state index in [1.807, 2.05) is 30.3 Å². The van der Waals surface area contributed by atoms with Gasteiger partial charge in [-0.15, -0.1) is 0 Å². The van der Waals surface area contributed by atoms with Crippen molar-refractivity contribution in [3.05, 3.63) is 47.0 Å². The lowest BCUT2D eigenvalue weighted by atomic mass is 9.97. The summed E-state index contributed by atoms with van der Waals surface area (Å²) in [5, 5.41) is 25.1. The molecular weight excluding hydrogens is 430 g/mol. The third-order valence-corrected chi connectivity index (χ3v) is 7.45. The van der Waals surface area contributed by atoms with E-state index in [0.717, 1.165) is 11.8 Å². The van der Waals surface area contributed by atoms with Crippen LogP contribution in [-0.4, -0.2) is 91.6 Å². The molecule has 2 rings (SSSR count). The van der Waals surface area contributed by atoms with Crippen molar-refractivity contribution in [1.29, 1.82) is 0 Å². The number of sulfonamides is 1. The Labute approximate surface area is 181 Å². The summed E-state index contributed by atoms with van der Waals surface area (Å²) in [6.07, 6.45) is -1.05. The number of hydrogen-bond acceptors (Lipinski definition) is 8. The zero-order valence-electron chi connectivity index (χ0n) is 17.4. The van der Waals surface area contributed by atoms with Crippen LogP contribution in [0.1, 0.15) is 5.56 Å². The summed E-state index contributed by atoms with van der Waals surface area (Å²) in [6.45, 7) is -0.0813. The number of benzene rings is 1. The van der Waals surface area contributed by atoms with Crippen LogP contribution in [-0.2, 0) is 26.0 Å². The molecule has 0 saturated carbocycles. The Morgan fingerprint density at radius 1 is 1.33 bits per heavy atom. The molecule has 0 bridgehead atoms. The molecule has 30 heavy (non-hydrogen) atoms. The average molecular weight is 460 g/mol. The van der Waals surface area contributed by atoms with E-state index < -0.39 is 39.7 Å². The van der Waals surface area contributed by atoms with E-state index >= 15 is 0 Å². The fourth-order valence-corrected chi connectivity index (χ4v) is 5.11. The van der Waals surface area contributed by atoms with Gasteiger partial charge in [0.05, 0.1) is 18.9 Å². The van der Waals surface area contributed by atoms with Crippen molar-refractivity contribution in [2.45, 2.75) is 30.2 Å². The molecule has 0 spiro atoms. The van der Waals surface area contributed by atoms with Gasteiger partial charge in [0.15, 0.2) is 0 Å². The highest BCUT2D eigenvalue weighted by atomic mass is 32.2. The van der Waals surface area contributed by atoms with Gasteiger partial charge in [-0.1, -0.05) is 42.1 Å². The van der Waals surface area contributed by atoms with Crippen LogP contribution in [0.2, 0.25) is 0 Å². The van der Waals surface area contributed by atoms with Crippen LogP contribution in [0.25, 0.3) is 0 Å². The Balaban J connectivity index is 2.15. The summed E-state index contributed by atoms with van der Waals surface area (Å²) < 4.78 is 29.8. The third kappa shape index (κ3) is 6.19. The molecule has 1 aliphatic heterocycles. The predicted octanol–water partition coefficient (Wildman–Crippen LogP) is -0.223. The number of hydrogen-bond donors (Lipinski definition) is 3. The number of nitrogens with one attached hydrogen (secondary N) is 1. The van der Waals surface area contributed by atoms with Gasteiger partial charge in [0.2, 0.25) is 10.0 Å². The van der Waals surface area contributed by atoms with E-state index in [0.29, 0.717) is 6.42 Å². The summed E-state index contributed by atoms with van der Waals surface area (Å²) in [4.78, 5) is 14.5. The number of rotatable bonds is 10. The molecule has 1 aliphatic rings. The van der Waals surface area contributed by atoms with Crippen molar-refractivity contribution >= 4 is 27.7 Å². The molecule has 0 saturated heterocycles. The lowest BCUT2D eigenvalue weighted by molar-refractivity contribution is -0.121. The van der Waals surface area contributed by atoms with Crippen LogP contribution in [0.4, 0.5) is 0 Å². The summed E-state index contributed by atoms with van der Waals surface area (Å²) in [5.74, 6) is -0.473. The molecule has 1 aromatic rings. The van der Waals surface area contributed by atoms with E-state index in [9.17, 15) is 23.4 Å². The maximum atomic E-state index is 12.9. The fourth-order valence-electron chi connectivity index (χ4n) is 3.03. The second kappa shape index (κ2) is 10.6. The van der Waals surface area contributed by atoms with Crippen molar-refractivity contribution in [3.8, 4) is 0 Å². The van der Waals surface area contributed by atoms with Crippen LogP contribution in [0.3, 0.4) is 0 Å². The number of carbonyl (C=O) groups is 1. The first kappa shape index (κ1) is 24.6. The van der Waals surface area contributed by atoms with Gasteiger partial charge < -0.3 is 25.2 Å². The molecule has 4 unspecified atom stereocenters. The van der Waals surface area contributed by atoms with Crippen LogP contribution in [0, 0.1) is 0 Å². The summed E-state index contributed by atoms with van der Waals surface area (Å²) in [6, 6.07) is 8.51. The predicted molar refractivity (Wildman–Crippen MR) is 116 cm³/mol. The fraction of sp³-hybridized carbons (Fsp3) is 0.526. The molecule has 3 N–H and O–H groups in total. The first-order chi connectivity index (χ1) is 14.1. The van der Waals surface area contributed by atoms with E-state index in [1.54, 1.807) is 17.4 Å². The SMILES string of the molecule is COCC(O)C(O)C(Cc1ccccc1)NC(=O)C1=CSC(N(C)S(C)(=O)=O)N1C. The Hall–Kier alpha value is -1.63. The summed E-state index contributed by atoms with van der Waals surface area (Å²) in [5.41, 5.74) is 0.564. The maximum Gasteiger partial charge on any atom is 0.268 e. The first-order valence-electron chi connectivity index (χ1n) is 9.27. The van der Waals surface area contributed by atoms with Crippen molar-refractivity contribution < 1.29 is 28.2 Å². The second-order valence-corrected chi connectivity index (χ2v) is 10.1. The molecule has 4 atom stereocenters. The van der Waals surface area contributed by atoms with Gasteiger partial charge in [0.1, 0.15) is 23.4 Å². The van der Waals surface area contributed by atoms with E-state index in [2.05, 4.69) is 5.32 Å². The van der Waals surface area contributed by atoms with Gasteiger partial charge in [0, 0.05) is 26.6 Å². The number of amides is 1. The minimum absolute atomic E-state index is 0.0813. The van der Waals surface area contributed by atoms with Crippen LogP contribution < -0.4 is 5.32 Å². The molecule has 1 aromatic carbocycles. The number of aliphatic hydroxyl groups is 2. The van der Waals surface area contributed by atoms with Crippen molar-refractivity contribution in [2.75, 3.05) is 34.1 Å². The molecule has 1 heterocycles. The number of thioether (sulfide) groups is 1. The highest BCUT2D eigenvalue weighted by Crippen LogP contribution is 2.32. The number of ether oxygens (including phenoxy) is 1. The van der Waals surface area contributed by atoms with E-state index in [-0.39, 0.29) is 12.3 Å². The zero-order chi connectivity index (χ0) is 22.5. The number of nitrogens with zero attached hydrogens (tertiary/aromatic N) is 2. The third-order valence-electron chi connectivity index (χ3n) is 4.84. The quantitative estimate of drug-likeness (QED) is 0.439. The Bertz CT molecular complexity index is 849. The van der Waals surface area contributed by atoms with Gasteiger partial charge >= 0.3 is 0 Å². The first-order valence-corrected chi connectivity index (χ1v) is 12.1. The standard InChI is InChI=1S/C19H29N3O6S2/c1-21-15(12-29-19(21)22(2)30(4,26)27)18(25)20-14(17(24)16(23)11-28-3)10-13-8-6-5-7-9-13/h5-9,12,14,16-17,19,23-24H,10-11H2,1-4H3,(H,20,25). The molecule has 168 valence electrons. The molecule has 0 aliphatic carbocycles. The molecule has 0 aromatic heterocycles.